The van der Waals surface area contributed by atoms with E-state index in [9.17, 15) is 18.4 Å². The van der Waals surface area contributed by atoms with Crippen LogP contribution in [0.25, 0.3) is 10.2 Å². The maximum absolute atomic E-state index is 12.3. The van der Waals surface area contributed by atoms with Crippen LogP contribution in [0.4, 0.5) is 8.78 Å². The summed E-state index contributed by atoms with van der Waals surface area (Å²) in [6.45, 7) is -2.31. The lowest BCUT2D eigenvalue weighted by atomic mass is 10.2. The van der Waals surface area contributed by atoms with Gasteiger partial charge in [0.1, 0.15) is 10.6 Å². The van der Waals surface area contributed by atoms with E-state index in [4.69, 9.17) is 0 Å². The molecule has 3 rings (SSSR count). The molecule has 0 aliphatic heterocycles. The predicted octanol–water partition coefficient (Wildman–Crippen LogP) is 3.11. The molecule has 27 heavy (non-hydrogen) atoms. The number of rotatable bonds is 7. The minimum atomic E-state index is -2.87. The van der Waals surface area contributed by atoms with Gasteiger partial charge in [0, 0.05) is 26.6 Å². The molecular formula is C18H17F2N3O3S. The van der Waals surface area contributed by atoms with Crippen molar-refractivity contribution in [2.24, 2.45) is 0 Å². The van der Waals surface area contributed by atoms with Gasteiger partial charge in [0.05, 0.1) is 11.7 Å². The summed E-state index contributed by atoms with van der Waals surface area (Å²) in [5, 5.41) is 2.36. The number of halogens is 2. The largest absolute Gasteiger partial charge is 0.435 e. The Labute approximate surface area is 157 Å². The number of thiophene rings is 1. The molecular weight excluding hydrogens is 376 g/mol. The molecule has 1 aromatic carbocycles. The molecule has 0 saturated heterocycles. The number of amides is 1. The third-order valence-electron chi connectivity index (χ3n) is 4.01. The number of fused-ring (bicyclic) bond motifs is 1. The first kappa shape index (κ1) is 19.0. The third kappa shape index (κ3) is 4.68. The van der Waals surface area contributed by atoms with E-state index in [1.54, 1.807) is 30.6 Å². The van der Waals surface area contributed by atoms with Crippen molar-refractivity contribution in [2.45, 2.75) is 26.1 Å². The predicted molar refractivity (Wildman–Crippen MR) is 98.0 cm³/mol. The molecule has 0 aliphatic rings. The maximum atomic E-state index is 12.3. The number of aromatic nitrogens is 2. The first-order chi connectivity index (χ1) is 12.9. The standard InChI is InChI=1S/C18H17F2N3O3S/c1-22(10-12-2-4-13(5-3-12)26-18(19)20)15(24)6-8-23-11-21-16-14(17(23)25)7-9-27-16/h2-5,7,9,11,18H,6,8,10H2,1H3. The molecule has 6 nitrogen and oxygen atoms in total. The van der Waals surface area contributed by atoms with Crippen LogP contribution in [0.1, 0.15) is 12.0 Å². The highest BCUT2D eigenvalue weighted by Crippen LogP contribution is 2.16. The second-order valence-electron chi connectivity index (χ2n) is 5.90. The number of alkyl halides is 2. The van der Waals surface area contributed by atoms with Crippen LogP contribution in [0, 0.1) is 0 Å². The number of nitrogens with zero attached hydrogens (tertiary/aromatic N) is 3. The Balaban J connectivity index is 1.57. The first-order valence-electron chi connectivity index (χ1n) is 8.14. The van der Waals surface area contributed by atoms with Gasteiger partial charge in [-0.2, -0.15) is 8.78 Å². The SMILES string of the molecule is CN(Cc1ccc(OC(F)F)cc1)C(=O)CCn1cnc2sccc2c1=O. The van der Waals surface area contributed by atoms with Crippen LogP contribution in [0.3, 0.4) is 0 Å². The zero-order chi connectivity index (χ0) is 19.4. The van der Waals surface area contributed by atoms with Gasteiger partial charge in [0.25, 0.3) is 5.56 Å². The Morgan fingerprint density at radius 3 is 2.74 bits per heavy atom. The zero-order valence-electron chi connectivity index (χ0n) is 14.5. The highest BCUT2D eigenvalue weighted by atomic mass is 32.1. The number of aryl methyl sites for hydroxylation is 1. The summed E-state index contributed by atoms with van der Waals surface area (Å²) in [4.78, 5) is 31.0. The summed E-state index contributed by atoms with van der Waals surface area (Å²) in [6, 6.07) is 7.84. The van der Waals surface area contributed by atoms with E-state index < -0.39 is 6.61 Å². The molecule has 2 aromatic heterocycles. The average Bonchev–Trinajstić information content (AvgIpc) is 3.11. The average molecular weight is 393 g/mol. The van der Waals surface area contributed by atoms with Crippen LogP contribution >= 0.6 is 11.3 Å². The van der Waals surface area contributed by atoms with E-state index in [-0.39, 0.29) is 30.2 Å². The number of carbonyl (C=O) groups excluding carboxylic acids is 1. The van der Waals surface area contributed by atoms with Gasteiger partial charge in [-0.05, 0) is 29.1 Å². The molecule has 0 fully saturated rings. The molecule has 0 unspecified atom stereocenters. The topological polar surface area (TPSA) is 64.4 Å². The lowest BCUT2D eigenvalue weighted by Gasteiger charge is -2.18. The summed E-state index contributed by atoms with van der Waals surface area (Å²) in [5.74, 6) is -0.0707. The van der Waals surface area contributed by atoms with Crippen molar-refractivity contribution >= 4 is 27.5 Å². The number of benzene rings is 1. The van der Waals surface area contributed by atoms with Crippen LogP contribution in [0.5, 0.6) is 5.75 Å². The molecule has 0 N–H and O–H groups in total. The Kier molecular flexibility index (Phi) is 5.80. The number of ether oxygens (including phenoxy) is 1. The van der Waals surface area contributed by atoms with Crippen molar-refractivity contribution in [1.82, 2.24) is 14.5 Å². The summed E-state index contributed by atoms with van der Waals surface area (Å²) in [5.41, 5.74) is 0.623. The molecule has 0 radical (unpaired) electrons. The Morgan fingerprint density at radius 1 is 1.30 bits per heavy atom. The number of carbonyl (C=O) groups is 1. The quantitative estimate of drug-likeness (QED) is 0.619. The van der Waals surface area contributed by atoms with E-state index in [1.165, 1.54) is 39.3 Å². The molecule has 2 heterocycles. The smallest absolute Gasteiger partial charge is 0.387 e. The molecule has 0 saturated carbocycles. The monoisotopic (exact) mass is 393 g/mol. The van der Waals surface area contributed by atoms with Gasteiger partial charge in [-0.3, -0.25) is 14.2 Å². The Bertz CT molecular complexity index is 985. The van der Waals surface area contributed by atoms with Crippen LogP contribution in [-0.2, 0) is 17.9 Å². The van der Waals surface area contributed by atoms with Gasteiger partial charge in [0.15, 0.2) is 0 Å². The van der Waals surface area contributed by atoms with Crippen molar-refractivity contribution < 1.29 is 18.3 Å². The molecule has 9 heteroatoms. The van der Waals surface area contributed by atoms with Gasteiger partial charge in [0.2, 0.25) is 5.91 Å². The lowest BCUT2D eigenvalue weighted by Crippen LogP contribution is -2.29. The van der Waals surface area contributed by atoms with Crippen LogP contribution in [0.15, 0.2) is 46.8 Å². The van der Waals surface area contributed by atoms with Crippen LogP contribution in [-0.4, -0.2) is 34.0 Å². The summed E-state index contributed by atoms with van der Waals surface area (Å²) in [7, 11) is 1.65. The molecule has 0 aliphatic carbocycles. The second kappa shape index (κ2) is 8.26. The van der Waals surface area contributed by atoms with E-state index in [0.29, 0.717) is 16.8 Å². The van der Waals surface area contributed by atoms with E-state index >= 15 is 0 Å². The van der Waals surface area contributed by atoms with Gasteiger partial charge in [-0.1, -0.05) is 12.1 Å². The van der Waals surface area contributed by atoms with Crippen LogP contribution < -0.4 is 10.3 Å². The maximum Gasteiger partial charge on any atom is 0.387 e. The minimum Gasteiger partial charge on any atom is -0.435 e. The fourth-order valence-electron chi connectivity index (χ4n) is 2.60. The highest BCUT2D eigenvalue weighted by Gasteiger charge is 2.12. The normalized spacial score (nSPS) is 11.1. The lowest BCUT2D eigenvalue weighted by molar-refractivity contribution is -0.130. The highest BCUT2D eigenvalue weighted by molar-refractivity contribution is 7.16. The molecule has 142 valence electrons. The van der Waals surface area contributed by atoms with E-state index in [2.05, 4.69) is 9.72 Å². The fourth-order valence-corrected chi connectivity index (χ4v) is 3.32. The van der Waals surface area contributed by atoms with Gasteiger partial charge < -0.3 is 9.64 Å². The van der Waals surface area contributed by atoms with Crippen molar-refractivity contribution in [1.29, 1.82) is 0 Å². The summed E-state index contributed by atoms with van der Waals surface area (Å²) >= 11 is 1.39. The molecule has 0 atom stereocenters. The van der Waals surface area contributed by atoms with Gasteiger partial charge in [-0.15, -0.1) is 11.3 Å². The van der Waals surface area contributed by atoms with Gasteiger partial charge in [-0.25, -0.2) is 4.98 Å². The van der Waals surface area contributed by atoms with Crippen molar-refractivity contribution in [3.63, 3.8) is 0 Å². The van der Waals surface area contributed by atoms with E-state index in [1.807, 2.05) is 0 Å². The number of hydrogen-bond acceptors (Lipinski definition) is 5. The summed E-state index contributed by atoms with van der Waals surface area (Å²) < 4.78 is 30.0. The van der Waals surface area contributed by atoms with Crippen molar-refractivity contribution in [3.05, 3.63) is 58.0 Å². The van der Waals surface area contributed by atoms with Crippen LogP contribution in [0.2, 0.25) is 0 Å². The van der Waals surface area contributed by atoms with Crippen molar-refractivity contribution in [3.8, 4) is 5.75 Å². The molecule has 0 spiro atoms. The molecule has 0 bridgehead atoms. The second-order valence-corrected chi connectivity index (χ2v) is 6.80. The Morgan fingerprint density at radius 2 is 2.04 bits per heavy atom. The van der Waals surface area contributed by atoms with Gasteiger partial charge >= 0.3 is 6.61 Å². The molecule has 1 amide bonds. The first-order valence-corrected chi connectivity index (χ1v) is 9.02. The minimum absolute atomic E-state index is 0.0680. The fraction of sp³-hybridized carbons (Fsp3) is 0.278. The summed E-state index contributed by atoms with van der Waals surface area (Å²) in [6.07, 6.45) is 1.61. The van der Waals surface area contributed by atoms with E-state index in [0.717, 1.165) is 5.56 Å². The Hall–Kier alpha value is -2.81. The van der Waals surface area contributed by atoms with Crippen molar-refractivity contribution in [2.75, 3.05) is 7.05 Å². The third-order valence-corrected chi connectivity index (χ3v) is 4.83. The zero-order valence-corrected chi connectivity index (χ0v) is 15.3. The number of hydrogen-bond donors (Lipinski definition) is 0. The molecule has 3 aromatic rings.